The summed E-state index contributed by atoms with van der Waals surface area (Å²) in [6.07, 6.45) is -1.46. The van der Waals surface area contributed by atoms with Crippen LogP contribution >= 0.6 is 11.6 Å². The van der Waals surface area contributed by atoms with Crippen LogP contribution in [0, 0.1) is 5.92 Å². The number of benzene rings is 2. The van der Waals surface area contributed by atoms with Gasteiger partial charge < -0.3 is 29.3 Å². The number of rotatable bonds is 7. The van der Waals surface area contributed by atoms with E-state index in [-0.39, 0.29) is 25.5 Å². The SMILES string of the molecule is C[C@H](O)C(=O)Nc1ccc(CN2C(=O)[C@@]3(O[C@@H](CCO)[C@H]([Si](C)(C)F)[C@H]3C)c3cc(Cl)ccc32)cc1. The van der Waals surface area contributed by atoms with E-state index in [1.807, 2.05) is 6.92 Å². The summed E-state index contributed by atoms with van der Waals surface area (Å²) in [6.45, 7) is 6.57. The number of hydrogen-bond donors (Lipinski definition) is 3. The molecule has 3 N–H and O–H groups in total. The summed E-state index contributed by atoms with van der Waals surface area (Å²) < 4.78 is 22.0. The number of halogens is 2. The fourth-order valence-electron chi connectivity index (χ4n) is 5.70. The highest BCUT2D eigenvalue weighted by molar-refractivity contribution is 6.72. The third-order valence-electron chi connectivity index (χ3n) is 7.28. The van der Waals surface area contributed by atoms with Crippen LogP contribution in [0.4, 0.5) is 15.5 Å². The second kappa shape index (κ2) is 9.87. The normalized spacial score (nSPS) is 26.4. The Labute approximate surface area is 216 Å². The van der Waals surface area contributed by atoms with Gasteiger partial charge in [0.2, 0.25) is 8.41 Å². The first-order chi connectivity index (χ1) is 16.9. The standard InChI is InChI=1S/C26H32ClFN2O5Si/c1-15-23(36(3,4)28)22(11-12-31)35-26(15)20-13-18(27)7-10-21(20)30(25(26)34)14-17-5-8-19(9-6-17)29-24(33)16(2)32/h5-10,13,15-16,22-23,31-32H,11-12,14H2,1-4H3,(H,29,33)/t15-,16+,22+,23-,26+/m1/s1. The van der Waals surface area contributed by atoms with Crippen molar-refractivity contribution in [1.29, 1.82) is 0 Å². The molecule has 4 rings (SSSR count). The highest BCUT2D eigenvalue weighted by Gasteiger charge is 2.66. The maximum Gasteiger partial charge on any atom is 0.264 e. The minimum atomic E-state index is -3.26. The summed E-state index contributed by atoms with van der Waals surface area (Å²) in [4.78, 5) is 27.5. The number of amides is 2. The van der Waals surface area contributed by atoms with Gasteiger partial charge in [0.05, 0.1) is 18.3 Å². The summed E-state index contributed by atoms with van der Waals surface area (Å²) in [5.41, 5.74) is 0.759. The quantitative estimate of drug-likeness (QED) is 0.362. The Morgan fingerprint density at radius 3 is 2.53 bits per heavy atom. The fourth-order valence-corrected chi connectivity index (χ4v) is 8.41. The highest BCUT2D eigenvalue weighted by atomic mass is 35.5. The second-order valence-electron chi connectivity index (χ2n) is 10.2. The summed E-state index contributed by atoms with van der Waals surface area (Å²) in [5, 5.41) is 22.1. The van der Waals surface area contributed by atoms with E-state index >= 15 is 4.11 Å². The Kier molecular flexibility index (Phi) is 7.33. The van der Waals surface area contributed by atoms with Crippen molar-refractivity contribution in [2.24, 2.45) is 5.92 Å². The van der Waals surface area contributed by atoms with E-state index in [1.54, 1.807) is 60.5 Å². The molecule has 0 radical (unpaired) electrons. The number of carbonyl (C=O) groups is 2. The molecule has 194 valence electrons. The lowest BCUT2D eigenvalue weighted by Gasteiger charge is -2.31. The summed E-state index contributed by atoms with van der Waals surface area (Å²) in [7, 11) is -3.26. The van der Waals surface area contributed by atoms with Crippen LogP contribution in [-0.2, 0) is 26.5 Å². The second-order valence-corrected chi connectivity index (χ2v) is 14.4. The predicted molar refractivity (Wildman–Crippen MR) is 139 cm³/mol. The van der Waals surface area contributed by atoms with Crippen molar-refractivity contribution in [3.05, 3.63) is 58.6 Å². The smallest absolute Gasteiger partial charge is 0.264 e. The number of aliphatic hydroxyl groups excluding tert-OH is 2. The van der Waals surface area contributed by atoms with Gasteiger partial charge in [0.1, 0.15) is 6.10 Å². The topological polar surface area (TPSA) is 99.1 Å². The van der Waals surface area contributed by atoms with Crippen molar-refractivity contribution in [3.63, 3.8) is 0 Å². The van der Waals surface area contributed by atoms with Crippen LogP contribution in [0.5, 0.6) is 0 Å². The minimum absolute atomic E-state index is 0.160. The molecule has 0 saturated carbocycles. The molecule has 0 aliphatic carbocycles. The molecule has 5 atom stereocenters. The fraction of sp³-hybridized carbons (Fsp3) is 0.462. The van der Waals surface area contributed by atoms with E-state index in [0.717, 1.165) is 5.56 Å². The van der Waals surface area contributed by atoms with Gasteiger partial charge in [0.15, 0.2) is 5.60 Å². The first kappa shape index (κ1) is 26.8. The van der Waals surface area contributed by atoms with Crippen LogP contribution in [0.2, 0.25) is 23.7 Å². The summed E-state index contributed by atoms with van der Waals surface area (Å²) in [6, 6.07) is 12.2. The van der Waals surface area contributed by atoms with E-state index in [2.05, 4.69) is 5.32 Å². The zero-order valence-electron chi connectivity index (χ0n) is 20.8. The molecule has 0 unspecified atom stereocenters. The molecule has 10 heteroatoms. The van der Waals surface area contributed by atoms with Gasteiger partial charge >= 0.3 is 0 Å². The molecule has 2 amide bonds. The molecule has 36 heavy (non-hydrogen) atoms. The lowest BCUT2D eigenvalue weighted by Crippen LogP contribution is -2.45. The lowest BCUT2D eigenvalue weighted by atomic mass is 9.82. The van der Waals surface area contributed by atoms with E-state index < -0.39 is 43.6 Å². The molecule has 1 saturated heterocycles. The molecule has 1 spiro atoms. The molecular weight excluding hydrogens is 503 g/mol. The number of anilines is 2. The maximum atomic E-state index is 15.5. The average molecular weight is 535 g/mol. The molecule has 0 aromatic heterocycles. The monoisotopic (exact) mass is 534 g/mol. The summed E-state index contributed by atoms with van der Waals surface area (Å²) >= 11 is 6.35. The van der Waals surface area contributed by atoms with Crippen LogP contribution in [0.25, 0.3) is 0 Å². The Morgan fingerprint density at radius 2 is 1.94 bits per heavy atom. The van der Waals surface area contributed by atoms with E-state index in [9.17, 15) is 19.8 Å². The van der Waals surface area contributed by atoms with Gasteiger partial charge in [0, 0.05) is 34.3 Å². The first-order valence-corrected chi connectivity index (χ1v) is 15.4. The molecule has 2 aromatic carbocycles. The Balaban J connectivity index is 1.69. The van der Waals surface area contributed by atoms with Crippen LogP contribution < -0.4 is 10.2 Å². The molecule has 7 nitrogen and oxygen atoms in total. The predicted octanol–water partition coefficient (Wildman–Crippen LogP) is 4.36. The van der Waals surface area contributed by atoms with Crippen molar-refractivity contribution in [2.75, 3.05) is 16.8 Å². The number of hydrogen-bond acceptors (Lipinski definition) is 5. The number of nitrogens with one attached hydrogen (secondary N) is 1. The molecular formula is C26H32ClFN2O5Si. The average Bonchev–Trinajstić information content (AvgIpc) is 3.22. The largest absolute Gasteiger partial charge is 0.396 e. The Morgan fingerprint density at radius 1 is 1.28 bits per heavy atom. The zero-order valence-corrected chi connectivity index (χ0v) is 22.6. The van der Waals surface area contributed by atoms with E-state index in [0.29, 0.717) is 22.0 Å². The van der Waals surface area contributed by atoms with Crippen LogP contribution in [0.1, 0.15) is 31.4 Å². The number of carbonyl (C=O) groups excluding carboxylic acids is 2. The summed E-state index contributed by atoms with van der Waals surface area (Å²) in [5.74, 6) is -1.24. The van der Waals surface area contributed by atoms with Gasteiger partial charge in [-0.1, -0.05) is 30.7 Å². The van der Waals surface area contributed by atoms with Crippen LogP contribution in [-0.4, -0.2) is 49.2 Å². The Hall–Kier alpha value is -2.30. The third-order valence-corrected chi connectivity index (χ3v) is 9.97. The van der Waals surface area contributed by atoms with Gasteiger partial charge in [0.25, 0.3) is 11.8 Å². The number of nitrogens with zero attached hydrogens (tertiary/aromatic N) is 1. The zero-order chi connectivity index (χ0) is 26.4. The molecule has 2 aromatic rings. The van der Waals surface area contributed by atoms with E-state index in [4.69, 9.17) is 16.3 Å². The molecule has 2 heterocycles. The van der Waals surface area contributed by atoms with Gasteiger partial charge in [-0.05, 0) is 62.3 Å². The van der Waals surface area contributed by atoms with Gasteiger partial charge in [-0.25, -0.2) is 0 Å². The molecule has 2 aliphatic rings. The molecule has 1 fully saturated rings. The lowest BCUT2D eigenvalue weighted by molar-refractivity contribution is -0.146. The van der Waals surface area contributed by atoms with Gasteiger partial charge in [-0.15, -0.1) is 0 Å². The van der Waals surface area contributed by atoms with Gasteiger partial charge in [-0.3, -0.25) is 9.59 Å². The molecule has 2 aliphatic heterocycles. The Bertz CT molecular complexity index is 1160. The number of fused-ring (bicyclic) bond motifs is 2. The first-order valence-electron chi connectivity index (χ1n) is 12.1. The van der Waals surface area contributed by atoms with Crippen molar-refractivity contribution in [2.45, 2.75) is 63.3 Å². The minimum Gasteiger partial charge on any atom is -0.396 e. The number of ether oxygens (including phenoxy) is 1. The highest BCUT2D eigenvalue weighted by Crippen LogP contribution is 2.60. The van der Waals surface area contributed by atoms with Crippen LogP contribution in [0.3, 0.4) is 0 Å². The van der Waals surface area contributed by atoms with Crippen molar-refractivity contribution in [3.8, 4) is 0 Å². The molecule has 0 bridgehead atoms. The van der Waals surface area contributed by atoms with Crippen molar-refractivity contribution in [1.82, 2.24) is 0 Å². The van der Waals surface area contributed by atoms with Gasteiger partial charge in [-0.2, -0.15) is 0 Å². The van der Waals surface area contributed by atoms with Crippen molar-refractivity contribution >= 4 is 43.2 Å². The van der Waals surface area contributed by atoms with Crippen molar-refractivity contribution < 1.29 is 28.6 Å². The van der Waals surface area contributed by atoms with E-state index in [1.165, 1.54) is 6.92 Å². The number of aliphatic hydroxyl groups is 2. The van der Waals surface area contributed by atoms with Crippen LogP contribution in [0.15, 0.2) is 42.5 Å². The third kappa shape index (κ3) is 4.59. The maximum absolute atomic E-state index is 15.5.